The molecule has 1 N–H and O–H groups in total. The number of nitrogens with one attached hydrogen (secondary N) is 1. The summed E-state index contributed by atoms with van der Waals surface area (Å²) >= 11 is 9.35. The van der Waals surface area contributed by atoms with Crippen molar-refractivity contribution in [2.45, 2.75) is 13.3 Å². The fourth-order valence-corrected chi connectivity index (χ4v) is 2.19. The molecule has 1 heterocycles. The molecule has 0 aliphatic heterocycles. The fraction of sp³-hybridized carbons (Fsp3) is 0.154. The van der Waals surface area contributed by atoms with E-state index in [4.69, 9.17) is 16.9 Å². The first-order valence-corrected chi connectivity index (χ1v) is 6.79. The topological polar surface area (TPSA) is 61.6 Å². The number of benzene rings is 1. The van der Waals surface area contributed by atoms with Crippen LogP contribution >= 0.6 is 27.5 Å². The van der Waals surface area contributed by atoms with Gasteiger partial charge in [0.1, 0.15) is 16.8 Å². The molecular formula is C13H10BrClN4. The predicted octanol–water partition coefficient (Wildman–Crippen LogP) is 4.07. The molecule has 0 spiro atoms. The third kappa shape index (κ3) is 3.43. The first-order chi connectivity index (χ1) is 9.12. The number of nitrogens with zero attached hydrogens (tertiary/aromatic N) is 3. The highest BCUT2D eigenvalue weighted by atomic mass is 79.9. The summed E-state index contributed by atoms with van der Waals surface area (Å²) in [6.45, 7) is 1.97. The van der Waals surface area contributed by atoms with Crippen molar-refractivity contribution in [1.82, 2.24) is 9.97 Å². The average Bonchev–Trinajstić information content (AvgIpc) is 2.40. The number of hydrogen-bond acceptors (Lipinski definition) is 4. The van der Waals surface area contributed by atoms with Crippen molar-refractivity contribution < 1.29 is 0 Å². The van der Waals surface area contributed by atoms with Crippen molar-refractivity contribution in [3.8, 4) is 6.07 Å². The van der Waals surface area contributed by atoms with Gasteiger partial charge in [0.25, 0.3) is 0 Å². The Bertz CT molecular complexity index is 652. The minimum Gasteiger partial charge on any atom is -0.339 e. The molecule has 1 aromatic carbocycles. The Hall–Kier alpha value is -1.64. The summed E-state index contributed by atoms with van der Waals surface area (Å²) in [4.78, 5) is 8.44. The number of hydrogen-bond donors (Lipinski definition) is 1. The second-order valence-corrected chi connectivity index (χ2v) is 5.02. The molecule has 0 bridgehead atoms. The summed E-state index contributed by atoms with van der Waals surface area (Å²) in [5, 5.41) is 12.4. The average molecular weight is 338 g/mol. The number of anilines is 2. The Labute approximate surface area is 124 Å². The molecule has 0 aliphatic rings. The van der Waals surface area contributed by atoms with E-state index in [1.54, 1.807) is 18.2 Å². The van der Waals surface area contributed by atoms with Gasteiger partial charge < -0.3 is 5.32 Å². The van der Waals surface area contributed by atoms with E-state index in [-0.39, 0.29) is 0 Å². The molecule has 0 saturated carbocycles. The monoisotopic (exact) mass is 336 g/mol. The number of halogens is 2. The van der Waals surface area contributed by atoms with Gasteiger partial charge in [0.2, 0.25) is 0 Å². The van der Waals surface area contributed by atoms with Crippen LogP contribution in [0.2, 0.25) is 5.15 Å². The van der Waals surface area contributed by atoms with E-state index < -0.39 is 0 Å². The highest BCUT2D eigenvalue weighted by Crippen LogP contribution is 2.26. The van der Waals surface area contributed by atoms with E-state index in [0.29, 0.717) is 28.8 Å². The van der Waals surface area contributed by atoms with Gasteiger partial charge in [-0.15, -0.1) is 0 Å². The molecule has 0 saturated heterocycles. The molecular weight excluding hydrogens is 328 g/mol. The second kappa shape index (κ2) is 6.00. The maximum absolute atomic E-state index is 8.82. The van der Waals surface area contributed by atoms with Gasteiger partial charge in [-0.3, -0.25) is 0 Å². The molecule has 19 heavy (non-hydrogen) atoms. The summed E-state index contributed by atoms with van der Waals surface area (Å²) in [7, 11) is 0. The van der Waals surface area contributed by atoms with Gasteiger partial charge in [-0.25, -0.2) is 9.97 Å². The van der Waals surface area contributed by atoms with Gasteiger partial charge in [-0.1, -0.05) is 18.5 Å². The second-order valence-electron chi connectivity index (χ2n) is 3.78. The van der Waals surface area contributed by atoms with Crippen LogP contribution in [0.25, 0.3) is 0 Å². The highest BCUT2D eigenvalue weighted by Gasteiger charge is 2.05. The Balaban J connectivity index is 2.31. The van der Waals surface area contributed by atoms with Gasteiger partial charge in [0, 0.05) is 17.0 Å². The van der Waals surface area contributed by atoms with Crippen molar-refractivity contribution in [2.75, 3.05) is 5.32 Å². The van der Waals surface area contributed by atoms with Crippen LogP contribution in [-0.4, -0.2) is 9.97 Å². The zero-order chi connectivity index (χ0) is 13.8. The number of aromatic nitrogens is 2. The molecule has 0 aliphatic carbocycles. The number of aryl methyl sites for hydroxylation is 1. The van der Waals surface area contributed by atoms with Crippen LogP contribution in [0.15, 0.2) is 28.7 Å². The van der Waals surface area contributed by atoms with Crippen LogP contribution in [0.1, 0.15) is 18.3 Å². The van der Waals surface area contributed by atoms with Crippen molar-refractivity contribution in [3.05, 3.63) is 45.3 Å². The van der Waals surface area contributed by atoms with Crippen molar-refractivity contribution >= 4 is 39.0 Å². The van der Waals surface area contributed by atoms with Gasteiger partial charge in [0.15, 0.2) is 0 Å². The van der Waals surface area contributed by atoms with E-state index in [1.165, 1.54) is 0 Å². The normalized spacial score (nSPS) is 10.0. The lowest BCUT2D eigenvalue weighted by atomic mass is 10.2. The van der Waals surface area contributed by atoms with Crippen LogP contribution in [0.4, 0.5) is 11.5 Å². The third-order valence-corrected chi connectivity index (χ3v) is 3.27. The largest absolute Gasteiger partial charge is 0.339 e. The maximum atomic E-state index is 8.82. The lowest BCUT2D eigenvalue weighted by Crippen LogP contribution is -2.00. The highest BCUT2D eigenvalue weighted by molar-refractivity contribution is 9.10. The SMILES string of the molecule is CCc1nc(Cl)cc(Nc2ccc(C#N)cc2Br)n1. The van der Waals surface area contributed by atoms with Gasteiger partial charge in [-0.2, -0.15) is 5.26 Å². The zero-order valence-corrected chi connectivity index (χ0v) is 12.5. The summed E-state index contributed by atoms with van der Waals surface area (Å²) in [6, 6.07) is 9.02. The Morgan fingerprint density at radius 3 is 2.79 bits per heavy atom. The molecule has 96 valence electrons. The lowest BCUT2D eigenvalue weighted by Gasteiger charge is -2.09. The Kier molecular flexibility index (Phi) is 4.35. The maximum Gasteiger partial charge on any atom is 0.135 e. The molecule has 1 aromatic heterocycles. The lowest BCUT2D eigenvalue weighted by molar-refractivity contribution is 0.943. The molecule has 0 amide bonds. The molecule has 0 radical (unpaired) electrons. The molecule has 0 unspecified atom stereocenters. The summed E-state index contributed by atoms with van der Waals surface area (Å²) in [5.74, 6) is 1.31. The van der Waals surface area contributed by atoms with Crippen molar-refractivity contribution in [1.29, 1.82) is 5.26 Å². The van der Waals surface area contributed by atoms with Crippen LogP contribution in [0, 0.1) is 11.3 Å². The number of rotatable bonds is 3. The Morgan fingerprint density at radius 1 is 1.37 bits per heavy atom. The summed E-state index contributed by atoms with van der Waals surface area (Å²) < 4.78 is 0.791. The molecule has 0 fully saturated rings. The predicted molar refractivity (Wildman–Crippen MR) is 78.6 cm³/mol. The molecule has 4 nitrogen and oxygen atoms in total. The number of nitriles is 1. The quantitative estimate of drug-likeness (QED) is 0.858. The minimum absolute atomic E-state index is 0.402. The summed E-state index contributed by atoms with van der Waals surface area (Å²) in [6.07, 6.45) is 0.712. The third-order valence-electron chi connectivity index (χ3n) is 2.42. The van der Waals surface area contributed by atoms with Crippen LogP contribution in [0.3, 0.4) is 0 Å². The Morgan fingerprint density at radius 2 is 2.16 bits per heavy atom. The van der Waals surface area contributed by atoms with Gasteiger partial charge >= 0.3 is 0 Å². The smallest absolute Gasteiger partial charge is 0.135 e. The van der Waals surface area contributed by atoms with Crippen molar-refractivity contribution in [2.24, 2.45) is 0 Å². The minimum atomic E-state index is 0.402. The van der Waals surface area contributed by atoms with E-state index >= 15 is 0 Å². The molecule has 2 rings (SSSR count). The first-order valence-electron chi connectivity index (χ1n) is 5.62. The fourth-order valence-electron chi connectivity index (χ4n) is 1.51. The van der Waals surface area contributed by atoms with E-state index in [0.717, 1.165) is 10.2 Å². The van der Waals surface area contributed by atoms with Crippen LogP contribution < -0.4 is 5.32 Å². The van der Waals surface area contributed by atoms with E-state index in [9.17, 15) is 0 Å². The standard InChI is InChI=1S/C13H10BrClN4/c1-2-12-18-11(15)6-13(19-12)17-10-4-3-8(7-16)5-9(10)14/h3-6H,2H2,1H3,(H,17,18,19). The molecule has 2 aromatic rings. The zero-order valence-electron chi connectivity index (χ0n) is 10.1. The molecule has 6 heteroatoms. The van der Waals surface area contributed by atoms with Crippen LogP contribution in [-0.2, 0) is 6.42 Å². The first kappa shape index (κ1) is 13.8. The van der Waals surface area contributed by atoms with E-state index in [1.807, 2.05) is 13.0 Å². The van der Waals surface area contributed by atoms with Crippen molar-refractivity contribution in [3.63, 3.8) is 0 Å². The summed E-state index contributed by atoms with van der Waals surface area (Å²) in [5.41, 5.74) is 1.41. The van der Waals surface area contributed by atoms with Gasteiger partial charge in [-0.05, 0) is 34.1 Å². The van der Waals surface area contributed by atoms with E-state index in [2.05, 4.69) is 37.3 Å². The van der Waals surface area contributed by atoms with Gasteiger partial charge in [0.05, 0.1) is 17.3 Å². The van der Waals surface area contributed by atoms with Crippen LogP contribution in [0.5, 0.6) is 0 Å². The molecule has 0 atom stereocenters.